The normalized spacial score (nSPS) is 27.3. The summed E-state index contributed by atoms with van der Waals surface area (Å²) >= 11 is 0. The lowest BCUT2D eigenvalue weighted by atomic mass is 10.3. The van der Waals surface area contributed by atoms with Crippen molar-refractivity contribution in [3.05, 3.63) is 0 Å². The maximum absolute atomic E-state index is 11.2. The predicted octanol–water partition coefficient (Wildman–Crippen LogP) is -1.39. The van der Waals surface area contributed by atoms with Gasteiger partial charge in [0.15, 0.2) is 0 Å². The van der Waals surface area contributed by atoms with Crippen molar-refractivity contribution in [1.29, 1.82) is 0 Å². The minimum absolute atomic E-state index is 0.186. The van der Waals surface area contributed by atoms with E-state index in [-0.39, 0.29) is 6.04 Å². The van der Waals surface area contributed by atoms with Crippen LogP contribution in [0.15, 0.2) is 0 Å². The SMILES string of the molecule is CS(=O)(=O)N1CCOCC1CN. The van der Waals surface area contributed by atoms with Crippen LogP contribution in [0.25, 0.3) is 0 Å². The first kappa shape index (κ1) is 9.91. The van der Waals surface area contributed by atoms with Crippen molar-refractivity contribution >= 4 is 10.0 Å². The van der Waals surface area contributed by atoms with Gasteiger partial charge in [-0.15, -0.1) is 0 Å². The Kier molecular flexibility index (Phi) is 3.05. The van der Waals surface area contributed by atoms with Crippen LogP contribution in [-0.2, 0) is 14.8 Å². The van der Waals surface area contributed by atoms with Gasteiger partial charge in [0.2, 0.25) is 10.0 Å². The summed E-state index contributed by atoms with van der Waals surface area (Å²) in [5, 5.41) is 0. The average molecular weight is 194 g/mol. The highest BCUT2D eigenvalue weighted by molar-refractivity contribution is 7.88. The summed E-state index contributed by atoms with van der Waals surface area (Å²) < 4.78 is 28.9. The minimum atomic E-state index is -3.11. The van der Waals surface area contributed by atoms with E-state index in [1.54, 1.807) is 0 Å². The van der Waals surface area contributed by atoms with Gasteiger partial charge in [-0.3, -0.25) is 0 Å². The van der Waals surface area contributed by atoms with Crippen LogP contribution in [-0.4, -0.2) is 51.3 Å². The number of sulfonamides is 1. The number of ether oxygens (including phenoxy) is 1. The van der Waals surface area contributed by atoms with Crippen molar-refractivity contribution in [2.45, 2.75) is 6.04 Å². The highest BCUT2D eigenvalue weighted by Crippen LogP contribution is 2.09. The molecule has 1 unspecified atom stereocenters. The van der Waals surface area contributed by atoms with E-state index in [1.807, 2.05) is 0 Å². The molecule has 1 aliphatic heterocycles. The molecule has 0 aliphatic carbocycles. The van der Waals surface area contributed by atoms with Crippen molar-refractivity contribution in [1.82, 2.24) is 4.31 Å². The van der Waals surface area contributed by atoms with Gasteiger partial charge >= 0.3 is 0 Å². The van der Waals surface area contributed by atoms with E-state index in [4.69, 9.17) is 10.5 Å². The van der Waals surface area contributed by atoms with Crippen molar-refractivity contribution in [3.8, 4) is 0 Å². The van der Waals surface area contributed by atoms with Crippen molar-refractivity contribution in [2.24, 2.45) is 5.73 Å². The lowest BCUT2D eigenvalue weighted by molar-refractivity contribution is 0.0361. The molecule has 1 atom stereocenters. The monoisotopic (exact) mass is 194 g/mol. The Balaban J connectivity index is 2.72. The Morgan fingerprint density at radius 3 is 2.75 bits per heavy atom. The van der Waals surface area contributed by atoms with Gasteiger partial charge < -0.3 is 10.5 Å². The summed E-state index contributed by atoms with van der Waals surface area (Å²) in [5.41, 5.74) is 5.40. The molecule has 2 N–H and O–H groups in total. The number of hydrogen-bond donors (Lipinski definition) is 1. The summed E-state index contributed by atoms with van der Waals surface area (Å²) in [6.07, 6.45) is 1.20. The van der Waals surface area contributed by atoms with E-state index < -0.39 is 10.0 Å². The third-order valence-corrected chi connectivity index (χ3v) is 3.20. The molecule has 0 radical (unpaired) electrons. The molecule has 6 heteroatoms. The largest absolute Gasteiger partial charge is 0.378 e. The summed E-state index contributed by atoms with van der Waals surface area (Å²) in [4.78, 5) is 0. The molecule has 1 saturated heterocycles. The van der Waals surface area contributed by atoms with Crippen LogP contribution in [0.2, 0.25) is 0 Å². The van der Waals surface area contributed by atoms with Gasteiger partial charge in [0.25, 0.3) is 0 Å². The standard InChI is InChI=1S/C6H14N2O3S/c1-12(9,10)8-2-3-11-5-6(8)4-7/h6H,2-5,7H2,1H3. The van der Waals surface area contributed by atoms with Gasteiger partial charge in [-0.1, -0.05) is 0 Å². The number of nitrogens with zero attached hydrogens (tertiary/aromatic N) is 1. The molecule has 1 heterocycles. The maximum atomic E-state index is 11.2. The van der Waals surface area contributed by atoms with Gasteiger partial charge in [0, 0.05) is 13.1 Å². The Labute approximate surface area is 72.5 Å². The molecule has 72 valence electrons. The number of hydrogen-bond acceptors (Lipinski definition) is 4. The Bertz CT molecular complexity index is 239. The molecule has 1 fully saturated rings. The quantitative estimate of drug-likeness (QED) is 0.587. The van der Waals surface area contributed by atoms with Crippen LogP contribution >= 0.6 is 0 Å². The molecule has 1 aliphatic rings. The Hall–Kier alpha value is -0.170. The van der Waals surface area contributed by atoms with Crippen LogP contribution in [0.3, 0.4) is 0 Å². The molecule has 0 aromatic carbocycles. The Morgan fingerprint density at radius 1 is 1.67 bits per heavy atom. The van der Waals surface area contributed by atoms with Gasteiger partial charge in [0.05, 0.1) is 25.5 Å². The van der Waals surface area contributed by atoms with Crippen molar-refractivity contribution in [2.75, 3.05) is 32.6 Å². The van der Waals surface area contributed by atoms with E-state index in [0.717, 1.165) is 0 Å². The fourth-order valence-corrected chi connectivity index (χ4v) is 2.36. The molecule has 12 heavy (non-hydrogen) atoms. The first-order valence-corrected chi connectivity index (χ1v) is 5.65. The molecule has 0 bridgehead atoms. The van der Waals surface area contributed by atoms with Crippen LogP contribution in [0, 0.1) is 0 Å². The van der Waals surface area contributed by atoms with Crippen LogP contribution < -0.4 is 5.73 Å². The van der Waals surface area contributed by atoms with E-state index in [2.05, 4.69) is 0 Å². The molecule has 5 nitrogen and oxygen atoms in total. The second kappa shape index (κ2) is 3.69. The zero-order valence-electron chi connectivity index (χ0n) is 7.06. The summed E-state index contributed by atoms with van der Waals surface area (Å²) in [6.45, 7) is 1.60. The second-order valence-electron chi connectivity index (χ2n) is 2.84. The lowest BCUT2D eigenvalue weighted by Crippen LogP contribution is -2.51. The molecule has 0 aromatic rings. The number of rotatable bonds is 2. The van der Waals surface area contributed by atoms with E-state index in [0.29, 0.717) is 26.3 Å². The second-order valence-corrected chi connectivity index (χ2v) is 4.77. The predicted molar refractivity (Wildman–Crippen MR) is 45.2 cm³/mol. The zero-order valence-corrected chi connectivity index (χ0v) is 7.88. The van der Waals surface area contributed by atoms with Gasteiger partial charge in [0.1, 0.15) is 0 Å². The average Bonchev–Trinajstić information content (AvgIpc) is 2.03. The highest BCUT2D eigenvalue weighted by atomic mass is 32.2. The molecule has 0 aromatic heterocycles. The molecule has 0 amide bonds. The number of morpholine rings is 1. The van der Waals surface area contributed by atoms with Gasteiger partial charge in [-0.25, -0.2) is 8.42 Å². The fourth-order valence-electron chi connectivity index (χ4n) is 1.26. The topological polar surface area (TPSA) is 72.6 Å². The summed E-state index contributed by atoms with van der Waals surface area (Å²) in [6, 6.07) is -0.186. The summed E-state index contributed by atoms with van der Waals surface area (Å²) in [7, 11) is -3.11. The van der Waals surface area contributed by atoms with Crippen molar-refractivity contribution < 1.29 is 13.2 Å². The van der Waals surface area contributed by atoms with Gasteiger partial charge in [-0.05, 0) is 0 Å². The Morgan fingerprint density at radius 2 is 2.33 bits per heavy atom. The maximum Gasteiger partial charge on any atom is 0.211 e. The molecular formula is C6H14N2O3S. The molecule has 0 saturated carbocycles. The molecule has 1 rings (SSSR count). The third kappa shape index (κ3) is 2.16. The third-order valence-electron chi connectivity index (χ3n) is 1.87. The van der Waals surface area contributed by atoms with E-state index >= 15 is 0 Å². The number of nitrogens with two attached hydrogens (primary N) is 1. The van der Waals surface area contributed by atoms with Crippen LogP contribution in [0.1, 0.15) is 0 Å². The lowest BCUT2D eigenvalue weighted by Gasteiger charge is -2.32. The van der Waals surface area contributed by atoms with E-state index in [1.165, 1.54) is 10.6 Å². The van der Waals surface area contributed by atoms with Gasteiger partial charge in [-0.2, -0.15) is 4.31 Å². The molecule has 0 spiro atoms. The fraction of sp³-hybridized carbons (Fsp3) is 1.00. The zero-order chi connectivity index (χ0) is 9.19. The first-order valence-electron chi connectivity index (χ1n) is 3.80. The highest BCUT2D eigenvalue weighted by Gasteiger charge is 2.28. The first-order chi connectivity index (χ1) is 5.55. The summed E-state index contributed by atoms with van der Waals surface area (Å²) in [5.74, 6) is 0. The van der Waals surface area contributed by atoms with Crippen LogP contribution in [0.5, 0.6) is 0 Å². The molecular weight excluding hydrogens is 180 g/mol. The van der Waals surface area contributed by atoms with E-state index in [9.17, 15) is 8.42 Å². The smallest absolute Gasteiger partial charge is 0.211 e. The van der Waals surface area contributed by atoms with Crippen molar-refractivity contribution in [3.63, 3.8) is 0 Å². The van der Waals surface area contributed by atoms with Crippen LogP contribution in [0.4, 0.5) is 0 Å². The minimum Gasteiger partial charge on any atom is -0.378 e.